The molecule has 2 rings (SSSR count). The van der Waals surface area contributed by atoms with Gasteiger partial charge >= 0.3 is 11.7 Å². The van der Waals surface area contributed by atoms with E-state index in [0.29, 0.717) is 4.68 Å². The van der Waals surface area contributed by atoms with Crippen LogP contribution in [0.2, 0.25) is 0 Å². The molecule has 110 valence electrons. The summed E-state index contributed by atoms with van der Waals surface area (Å²) in [7, 11) is 1.14. The molecule has 8 heteroatoms. The topological polar surface area (TPSA) is 87.2 Å². The van der Waals surface area contributed by atoms with Gasteiger partial charge < -0.3 is 10.6 Å². The molecule has 0 aliphatic rings. The highest BCUT2D eigenvalue weighted by atomic mass is 19.2. The zero-order chi connectivity index (χ0) is 15.7. The van der Waals surface area contributed by atoms with Crippen molar-refractivity contribution in [2.24, 2.45) is 0 Å². The fraction of sp³-hybridized carbons (Fsp3) is 0.154. The van der Waals surface area contributed by atoms with Crippen LogP contribution in [-0.2, 0) is 4.74 Å². The molecule has 0 saturated carbocycles. The Hall–Kier alpha value is -2.77. The van der Waals surface area contributed by atoms with Gasteiger partial charge in [-0.2, -0.15) is 4.98 Å². The normalized spacial score (nSPS) is 10.5. The van der Waals surface area contributed by atoms with Crippen LogP contribution in [0.15, 0.2) is 23.0 Å². The number of esters is 1. The third-order valence-corrected chi connectivity index (χ3v) is 2.89. The molecule has 2 N–H and O–H groups in total. The Morgan fingerprint density at radius 3 is 2.57 bits per heavy atom. The number of hydrogen-bond donors (Lipinski definition) is 1. The maximum Gasteiger partial charge on any atom is 0.366 e. The van der Waals surface area contributed by atoms with Gasteiger partial charge in [-0.1, -0.05) is 0 Å². The van der Waals surface area contributed by atoms with E-state index < -0.39 is 23.3 Å². The molecule has 0 aliphatic heterocycles. The molecule has 0 amide bonds. The number of nitrogens with zero attached hydrogens (tertiary/aromatic N) is 2. The van der Waals surface area contributed by atoms with Gasteiger partial charge in [0, 0.05) is 5.56 Å². The molecule has 21 heavy (non-hydrogen) atoms. The van der Waals surface area contributed by atoms with Gasteiger partial charge in [0.25, 0.3) is 0 Å². The molecule has 0 atom stereocenters. The summed E-state index contributed by atoms with van der Waals surface area (Å²) >= 11 is 0. The highest BCUT2D eigenvalue weighted by molar-refractivity contribution is 5.97. The summed E-state index contributed by atoms with van der Waals surface area (Å²) in [6.45, 7) is 1.41. The summed E-state index contributed by atoms with van der Waals surface area (Å²) in [6.07, 6.45) is 0. The maximum absolute atomic E-state index is 13.4. The second-order valence-corrected chi connectivity index (χ2v) is 4.19. The molecule has 0 unspecified atom stereocenters. The Labute approximate surface area is 117 Å². The van der Waals surface area contributed by atoms with Gasteiger partial charge in [0.15, 0.2) is 11.6 Å². The lowest BCUT2D eigenvalue weighted by Gasteiger charge is -2.14. The highest BCUT2D eigenvalue weighted by Crippen LogP contribution is 2.25. The smallest absolute Gasteiger partial charge is 0.366 e. The summed E-state index contributed by atoms with van der Waals surface area (Å²) in [5.41, 5.74) is -0.892. The van der Waals surface area contributed by atoms with E-state index in [9.17, 15) is 18.4 Å². The van der Waals surface area contributed by atoms with Crippen molar-refractivity contribution in [1.82, 2.24) is 9.66 Å². The van der Waals surface area contributed by atoms with Crippen molar-refractivity contribution in [1.29, 1.82) is 0 Å². The number of rotatable bonds is 2. The van der Waals surface area contributed by atoms with Crippen LogP contribution in [0.1, 0.15) is 16.1 Å². The molecular formula is C13H11F2N3O3. The second kappa shape index (κ2) is 5.31. The van der Waals surface area contributed by atoms with E-state index in [-0.39, 0.29) is 22.5 Å². The lowest BCUT2D eigenvalue weighted by Crippen LogP contribution is -2.34. The van der Waals surface area contributed by atoms with Gasteiger partial charge in [0.1, 0.15) is 5.56 Å². The Kier molecular flexibility index (Phi) is 3.70. The van der Waals surface area contributed by atoms with Gasteiger partial charge in [-0.15, -0.1) is 0 Å². The first-order valence-electron chi connectivity index (χ1n) is 5.79. The van der Waals surface area contributed by atoms with Crippen molar-refractivity contribution in [2.45, 2.75) is 6.92 Å². The zero-order valence-electron chi connectivity index (χ0n) is 11.2. The van der Waals surface area contributed by atoms with Crippen molar-refractivity contribution < 1.29 is 18.3 Å². The fourth-order valence-electron chi connectivity index (χ4n) is 1.91. The number of aromatic nitrogens is 2. The fourth-order valence-corrected chi connectivity index (χ4v) is 1.91. The standard InChI is InChI=1S/C13H11F2N3O3/c1-6-10(12(19)21-2)11(18(16)13(20)17-6)7-3-4-8(14)9(15)5-7/h3-5H,16H2,1-2H3. The Balaban J connectivity index is 2.85. The Morgan fingerprint density at radius 2 is 2.00 bits per heavy atom. The second-order valence-electron chi connectivity index (χ2n) is 4.19. The van der Waals surface area contributed by atoms with Crippen LogP contribution in [0.4, 0.5) is 8.78 Å². The molecule has 0 bridgehead atoms. The summed E-state index contributed by atoms with van der Waals surface area (Å²) < 4.78 is 31.6. The Morgan fingerprint density at radius 1 is 1.33 bits per heavy atom. The average molecular weight is 295 g/mol. The lowest BCUT2D eigenvalue weighted by atomic mass is 10.0. The number of halogens is 2. The zero-order valence-corrected chi connectivity index (χ0v) is 11.2. The SMILES string of the molecule is COC(=O)c1c(C)nc(=O)n(N)c1-c1ccc(F)c(F)c1. The minimum Gasteiger partial charge on any atom is -0.465 e. The van der Waals surface area contributed by atoms with Crippen molar-refractivity contribution in [3.63, 3.8) is 0 Å². The first kappa shape index (κ1) is 14.6. The quantitative estimate of drug-likeness (QED) is 0.659. The average Bonchev–Trinajstić information content (AvgIpc) is 2.45. The lowest BCUT2D eigenvalue weighted by molar-refractivity contribution is 0.0599. The van der Waals surface area contributed by atoms with Crippen molar-refractivity contribution in [3.8, 4) is 11.3 Å². The van der Waals surface area contributed by atoms with E-state index in [4.69, 9.17) is 5.84 Å². The minimum atomic E-state index is -1.13. The molecule has 6 nitrogen and oxygen atoms in total. The van der Waals surface area contributed by atoms with Crippen LogP contribution in [-0.4, -0.2) is 22.7 Å². The van der Waals surface area contributed by atoms with Crippen LogP contribution in [0.3, 0.4) is 0 Å². The summed E-state index contributed by atoms with van der Waals surface area (Å²) in [4.78, 5) is 27.1. The Bertz CT molecular complexity index is 787. The molecule has 0 fully saturated rings. The summed E-state index contributed by atoms with van der Waals surface area (Å²) in [5.74, 6) is 2.60. The van der Waals surface area contributed by atoms with E-state index in [2.05, 4.69) is 9.72 Å². The number of aryl methyl sites for hydroxylation is 1. The maximum atomic E-state index is 13.4. The van der Waals surface area contributed by atoms with E-state index in [1.807, 2.05) is 0 Å². The van der Waals surface area contributed by atoms with Gasteiger partial charge in [-0.25, -0.2) is 23.0 Å². The molecule has 0 saturated heterocycles. The molecule has 0 aliphatic carbocycles. The van der Waals surface area contributed by atoms with E-state index in [0.717, 1.165) is 19.2 Å². The summed E-state index contributed by atoms with van der Waals surface area (Å²) in [6, 6.07) is 2.90. The van der Waals surface area contributed by atoms with Crippen molar-refractivity contribution >= 4 is 5.97 Å². The van der Waals surface area contributed by atoms with Crippen molar-refractivity contribution in [2.75, 3.05) is 13.0 Å². The molecule has 2 aromatic rings. The van der Waals surface area contributed by atoms with Crippen molar-refractivity contribution in [3.05, 3.63) is 51.6 Å². The number of carbonyl (C=O) groups excluding carboxylic acids is 1. The van der Waals surface area contributed by atoms with Gasteiger partial charge in [-0.05, 0) is 25.1 Å². The molecule has 1 aromatic heterocycles. The van der Waals surface area contributed by atoms with Crippen LogP contribution in [0, 0.1) is 18.6 Å². The van der Waals surface area contributed by atoms with Gasteiger partial charge in [-0.3, -0.25) is 0 Å². The van der Waals surface area contributed by atoms with Crippen LogP contribution in [0.5, 0.6) is 0 Å². The van der Waals surface area contributed by atoms with Crippen LogP contribution >= 0.6 is 0 Å². The largest absolute Gasteiger partial charge is 0.465 e. The molecule has 1 heterocycles. The monoisotopic (exact) mass is 295 g/mol. The van der Waals surface area contributed by atoms with Crippen LogP contribution < -0.4 is 11.5 Å². The predicted molar refractivity (Wildman–Crippen MR) is 70.1 cm³/mol. The van der Waals surface area contributed by atoms with E-state index in [1.54, 1.807) is 0 Å². The van der Waals surface area contributed by atoms with E-state index >= 15 is 0 Å². The number of hydrogen-bond acceptors (Lipinski definition) is 5. The highest BCUT2D eigenvalue weighted by Gasteiger charge is 2.22. The van der Waals surface area contributed by atoms with Crippen LogP contribution in [0.25, 0.3) is 11.3 Å². The molecular weight excluding hydrogens is 284 g/mol. The summed E-state index contributed by atoms with van der Waals surface area (Å²) in [5, 5.41) is 0. The first-order valence-corrected chi connectivity index (χ1v) is 5.79. The third-order valence-electron chi connectivity index (χ3n) is 2.89. The minimum absolute atomic E-state index is 0.0550. The molecule has 1 aromatic carbocycles. The number of nitrogen functional groups attached to an aromatic ring is 1. The van der Waals surface area contributed by atoms with Gasteiger partial charge in [0.2, 0.25) is 0 Å². The van der Waals surface area contributed by atoms with E-state index in [1.165, 1.54) is 13.0 Å². The number of benzene rings is 1. The van der Waals surface area contributed by atoms with Gasteiger partial charge in [0.05, 0.1) is 18.5 Å². The number of nitrogens with two attached hydrogens (primary N) is 1. The molecule has 0 spiro atoms. The number of carbonyl (C=O) groups is 1. The predicted octanol–water partition coefficient (Wildman–Crippen LogP) is 0.997. The number of methoxy groups -OCH3 is 1. The number of ether oxygens (including phenoxy) is 1. The first-order chi connectivity index (χ1) is 9.86. The molecule has 0 radical (unpaired) electrons. The third kappa shape index (κ3) is 2.47.